The topological polar surface area (TPSA) is 78.9 Å². The average molecular weight is 314 g/mol. The predicted octanol–water partition coefficient (Wildman–Crippen LogP) is 1.92. The number of aromatic carboxylic acids is 1. The monoisotopic (exact) mass is 314 g/mol. The molecule has 6 nitrogen and oxygen atoms in total. The van der Waals surface area contributed by atoms with Crippen LogP contribution in [0.15, 0.2) is 12.1 Å². The van der Waals surface area contributed by atoms with E-state index in [9.17, 15) is 14.0 Å². The molecule has 0 radical (unpaired) electrons. The Hall–Kier alpha value is -1.80. The lowest BCUT2D eigenvalue weighted by atomic mass is 10.1. The Bertz CT molecular complexity index is 576. The fourth-order valence-electron chi connectivity index (χ4n) is 1.55. The van der Waals surface area contributed by atoms with Crippen LogP contribution in [-0.2, 0) is 0 Å². The molecule has 0 aliphatic heterocycles. The van der Waals surface area contributed by atoms with Gasteiger partial charge in [-0.2, -0.15) is 0 Å². The van der Waals surface area contributed by atoms with Crippen molar-refractivity contribution >= 4 is 24.0 Å². The number of hydrogen-bond donors (Lipinski definition) is 2. The van der Waals surface area contributed by atoms with Gasteiger partial charge in [0.15, 0.2) is 0 Å². The molecule has 1 aromatic rings. The van der Waals surface area contributed by atoms with Gasteiger partial charge in [-0.3, -0.25) is 9.52 Å². The van der Waals surface area contributed by atoms with Crippen LogP contribution in [0.5, 0.6) is 5.75 Å². The van der Waals surface area contributed by atoms with Crippen LogP contribution in [0.4, 0.5) is 4.39 Å². The summed E-state index contributed by atoms with van der Waals surface area (Å²) in [5, 5.41) is 8.94. The SMILES string of the molecule is CN(C)SNC(=O)c1cc(F)c(C(=O)O)cc1OC1CC1. The number of carboxylic acids is 1. The summed E-state index contributed by atoms with van der Waals surface area (Å²) < 4.78 is 23.4. The Kier molecular flexibility index (Phi) is 4.69. The Labute approximate surface area is 125 Å². The highest BCUT2D eigenvalue weighted by molar-refractivity contribution is 7.95. The molecule has 1 aromatic carbocycles. The smallest absolute Gasteiger partial charge is 0.338 e. The highest BCUT2D eigenvalue weighted by Crippen LogP contribution is 2.31. The second kappa shape index (κ2) is 6.31. The number of carbonyl (C=O) groups excluding carboxylic acids is 1. The lowest BCUT2D eigenvalue weighted by Crippen LogP contribution is -2.22. The zero-order valence-corrected chi connectivity index (χ0v) is 12.4. The molecule has 0 unspecified atom stereocenters. The molecule has 0 saturated heterocycles. The number of benzene rings is 1. The normalized spacial score (nSPS) is 14.1. The van der Waals surface area contributed by atoms with Crippen LogP contribution in [0.25, 0.3) is 0 Å². The number of hydrogen-bond acceptors (Lipinski definition) is 5. The van der Waals surface area contributed by atoms with Crippen LogP contribution in [0.2, 0.25) is 0 Å². The van der Waals surface area contributed by atoms with Crippen molar-refractivity contribution in [3.05, 3.63) is 29.1 Å². The number of nitrogens with one attached hydrogen (secondary N) is 1. The molecule has 1 amide bonds. The van der Waals surface area contributed by atoms with E-state index in [-0.39, 0.29) is 17.4 Å². The van der Waals surface area contributed by atoms with Gasteiger partial charge in [0, 0.05) is 12.1 Å². The lowest BCUT2D eigenvalue weighted by molar-refractivity contribution is 0.0690. The number of nitrogens with zero attached hydrogens (tertiary/aromatic N) is 1. The predicted molar refractivity (Wildman–Crippen MR) is 75.8 cm³/mol. The number of ether oxygens (including phenoxy) is 1. The summed E-state index contributed by atoms with van der Waals surface area (Å²) in [7, 11) is 3.47. The van der Waals surface area contributed by atoms with Crippen molar-refractivity contribution in [1.29, 1.82) is 0 Å². The number of rotatable bonds is 6. The number of carboxylic acid groups (broad SMARTS) is 1. The van der Waals surface area contributed by atoms with Gasteiger partial charge in [-0.05, 0) is 39.1 Å². The summed E-state index contributed by atoms with van der Waals surface area (Å²) in [6.45, 7) is 0. The first-order valence-electron chi connectivity index (χ1n) is 6.26. The molecule has 0 spiro atoms. The van der Waals surface area contributed by atoms with Crippen LogP contribution in [-0.4, -0.2) is 41.5 Å². The molecule has 0 aromatic heterocycles. The maximum Gasteiger partial charge on any atom is 0.338 e. The van der Waals surface area contributed by atoms with Gasteiger partial charge in [-0.25, -0.2) is 13.5 Å². The Morgan fingerprint density at radius 3 is 2.57 bits per heavy atom. The quantitative estimate of drug-likeness (QED) is 0.781. The van der Waals surface area contributed by atoms with Crippen LogP contribution in [0.3, 0.4) is 0 Å². The van der Waals surface area contributed by atoms with Gasteiger partial charge in [-0.15, -0.1) is 0 Å². The summed E-state index contributed by atoms with van der Waals surface area (Å²) >= 11 is 1.03. The third-order valence-electron chi connectivity index (χ3n) is 2.68. The minimum atomic E-state index is -1.40. The fourth-order valence-corrected chi connectivity index (χ4v) is 1.92. The molecule has 8 heteroatoms. The fraction of sp³-hybridized carbons (Fsp3) is 0.385. The van der Waals surface area contributed by atoms with Crippen molar-refractivity contribution in [2.75, 3.05) is 14.1 Å². The standard InChI is InChI=1S/C13H15FN2O4S/c1-16(2)21-15-12(17)9-5-10(14)8(13(18)19)6-11(9)20-7-3-4-7/h5-7H,3-4H2,1-2H3,(H,15,17)(H,18,19). The zero-order valence-electron chi connectivity index (χ0n) is 11.6. The van der Waals surface area contributed by atoms with Crippen LogP contribution in [0, 0.1) is 5.82 Å². The second-order valence-electron chi connectivity index (χ2n) is 4.79. The third kappa shape index (κ3) is 4.08. The van der Waals surface area contributed by atoms with E-state index in [2.05, 4.69) is 4.72 Å². The first kappa shape index (κ1) is 15.6. The van der Waals surface area contributed by atoms with Crippen molar-refractivity contribution in [1.82, 2.24) is 9.03 Å². The van der Waals surface area contributed by atoms with Crippen molar-refractivity contribution in [2.24, 2.45) is 0 Å². The van der Waals surface area contributed by atoms with Crippen molar-refractivity contribution in [2.45, 2.75) is 18.9 Å². The Balaban J connectivity index is 2.30. The summed E-state index contributed by atoms with van der Waals surface area (Å²) in [5.41, 5.74) is -0.527. The lowest BCUT2D eigenvalue weighted by Gasteiger charge is -2.14. The van der Waals surface area contributed by atoms with Gasteiger partial charge in [-0.1, -0.05) is 0 Å². The highest BCUT2D eigenvalue weighted by atomic mass is 32.2. The Morgan fingerprint density at radius 2 is 2.05 bits per heavy atom. The van der Waals surface area contributed by atoms with Crippen LogP contribution < -0.4 is 9.46 Å². The molecular weight excluding hydrogens is 299 g/mol. The van der Waals surface area contributed by atoms with E-state index < -0.39 is 23.3 Å². The number of carbonyl (C=O) groups is 2. The maximum absolute atomic E-state index is 13.8. The highest BCUT2D eigenvalue weighted by Gasteiger charge is 2.28. The summed E-state index contributed by atoms with van der Waals surface area (Å²) in [5.74, 6) is -2.82. The van der Waals surface area contributed by atoms with Gasteiger partial charge < -0.3 is 9.84 Å². The molecule has 2 rings (SSSR count). The molecule has 1 saturated carbocycles. The van der Waals surface area contributed by atoms with E-state index in [0.717, 1.165) is 37.1 Å². The van der Waals surface area contributed by atoms with Gasteiger partial charge >= 0.3 is 5.97 Å². The molecule has 21 heavy (non-hydrogen) atoms. The zero-order chi connectivity index (χ0) is 15.6. The molecule has 0 heterocycles. The van der Waals surface area contributed by atoms with Gasteiger partial charge in [0.25, 0.3) is 5.91 Å². The maximum atomic E-state index is 13.8. The van der Waals surface area contributed by atoms with E-state index in [1.807, 2.05) is 0 Å². The van der Waals surface area contributed by atoms with E-state index in [4.69, 9.17) is 9.84 Å². The average Bonchev–Trinajstić information content (AvgIpc) is 3.21. The van der Waals surface area contributed by atoms with Gasteiger partial charge in [0.1, 0.15) is 11.6 Å². The summed E-state index contributed by atoms with van der Waals surface area (Å²) in [6, 6.07) is 1.96. The molecule has 0 bridgehead atoms. The van der Waals surface area contributed by atoms with Crippen molar-refractivity contribution in [3.63, 3.8) is 0 Å². The van der Waals surface area contributed by atoms with Crippen LogP contribution >= 0.6 is 12.1 Å². The molecule has 1 aliphatic rings. The second-order valence-corrected chi connectivity index (χ2v) is 5.90. The summed E-state index contributed by atoms with van der Waals surface area (Å²) in [6.07, 6.45) is 1.64. The van der Waals surface area contributed by atoms with E-state index in [1.54, 1.807) is 18.4 Å². The van der Waals surface area contributed by atoms with E-state index in [0.29, 0.717) is 0 Å². The first-order valence-corrected chi connectivity index (χ1v) is 7.04. The van der Waals surface area contributed by atoms with Gasteiger partial charge in [0.05, 0.1) is 17.2 Å². The van der Waals surface area contributed by atoms with Crippen LogP contribution in [0.1, 0.15) is 33.6 Å². The van der Waals surface area contributed by atoms with Crippen molar-refractivity contribution in [3.8, 4) is 5.75 Å². The molecule has 1 aliphatic carbocycles. The largest absolute Gasteiger partial charge is 0.490 e. The third-order valence-corrected chi connectivity index (χ3v) is 3.33. The Morgan fingerprint density at radius 1 is 1.38 bits per heavy atom. The molecule has 114 valence electrons. The summed E-state index contributed by atoms with van der Waals surface area (Å²) in [4.78, 5) is 23.0. The number of amides is 1. The number of halogens is 1. The minimum absolute atomic E-state index is 0.0150. The molecular formula is C13H15FN2O4S. The first-order chi connectivity index (χ1) is 9.88. The molecule has 1 fully saturated rings. The van der Waals surface area contributed by atoms with E-state index in [1.165, 1.54) is 0 Å². The molecule has 2 N–H and O–H groups in total. The van der Waals surface area contributed by atoms with E-state index >= 15 is 0 Å². The molecule has 0 atom stereocenters. The van der Waals surface area contributed by atoms with Crippen molar-refractivity contribution < 1.29 is 23.8 Å². The van der Waals surface area contributed by atoms with Gasteiger partial charge in [0.2, 0.25) is 0 Å². The minimum Gasteiger partial charge on any atom is -0.490 e.